The maximum Gasteiger partial charge on any atom is 0.255 e. The van der Waals surface area contributed by atoms with Crippen molar-refractivity contribution in [2.75, 3.05) is 13.2 Å². The van der Waals surface area contributed by atoms with Crippen LogP contribution >= 0.6 is 11.6 Å². The van der Waals surface area contributed by atoms with Crippen molar-refractivity contribution in [1.82, 2.24) is 15.3 Å². The normalized spacial score (nSPS) is 22.9. The van der Waals surface area contributed by atoms with Crippen molar-refractivity contribution in [3.05, 3.63) is 29.0 Å². The molecular formula is C13H14ClN3O3. The first kappa shape index (κ1) is 13.4. The third-order valence-corrected chi connectivity index (χ3v) is 3.72. The van der Waals surface area contributed by atoms with E-state index in [1.165, 1.54) is 0 Å². The van der Waals surface area contributed by atoms with Gasteiger partial charge in [0.05, 0.1) is 34.9 Å². The first-order valence-corrected chi connectivity index (χ1v) is 6.73. The van der Waals surface area contributed by atoms with Gasteiger partial charge >= 0.3 is 0 Å². The molecule has 3 rings (SSSR count). The first-order valence-electron chi connectivity index (χ1n) is 6.35. The Bertz CT molecular complexity index is 643. The fourth-order valence-corrected chi connectivity index (χ4v) is 2.50. The lowest BCUT2D eigenvalue weighted by atomic mass is 10.1. The molecule has 1 saturated heterocycles. The minimum Gasteiger partial charge on any atom is -0.389 e. The van der Waals surface area contributed by atoms with E-state index in [1.807, 2.05) is 0 Å². The highest BCUT2D eigenvalue weighted by Crippen LogP contribution is 2.23. The SMILES string of the molecule is O=C(NC1CCOCC1O)c1c[nH]c2c(Cl)ccnc12. The maximum atomic E-state index is 12.3. The van der Waals surface area contributed by atoms with Crippen LogP contribution in [-0.4, -0.2) is 46.3 Å². The predicted octanol–water partition coefficient (Wildman–Crippen LogP) is 1.10. The number of aliphatic hydroxyl groups is 1. The van der Waals surface area contributed by atoms with Gasteiger partial charge in [0.25, 0.3) is 5.91 Å². The average molecular weight is 296 g/mol. The fraction of sp³-hybridized carbons (Fsp3) is 0.385. The summed E-state index contributed by atoms with van der Waals surface area (Å²) in [5.41, 5.74) is 1.57. The third-order valence-electron chi connectivity index (χ3n) is 3.40. The number of aromatic nitrogens is 2. The number of hydrogen-bond acceptors (Lipinski definition) is 4. The second-order valence-electron chi connectivity index (χ2n) is 4.73. The zero-order valence-electron chi connectivity index (χ0n) is 10.6. The Morgan fingerprint density at radius 3 is 3.25 bits per heavy atom. The quantitative estimate of drug-likeness (QED) is 0.774. The van der Waals surface area contributed by atoms with E-state index in [1.54, 1.807) is 18.5 Å². The molecule has 1 aliphatic rings. The number of fused-ring (bicyclic) bond motifs is 1. The largest absolute Gasteiger partial charge is 0.389 e. The molecule has 2 atom stereocenters. The number of carbonyl (C=O) groups excluding carboxylic acids is 1. The molecule has 3 N–H and O–H groups in total. The summed E-state index contributed by atoms with van der Waals surface area (Å²) < 4.78 is 5.13. The molecule has 20 heavy (non-hydrogen) atoms. The number of ether oxygens (including phenoxy) is 1. The van der Waals surface area contributed by atoms with Gasteiger partial charge < -0.3 is 20.1 Å². The molecule has 1 fully saturated rings. The van der Waals surface area contributed by atoms with Crippen LogP contribution in [0.5, 0.6) is 0 Å². The molecule has 1 amide bonds. The van der Waals surface area contributed by atoms with Crippen molar-refractivity contribution in [3.63, 3.8) is 0 Å². The lowest BCUT2D eigenvalue weighted by Gasteiger charge is -2.28. The van der Waals surface area contributed by atoms with Crippen LogP contribution in [0.4, 0.5) is 0 Å². The molecule has 0 saturated carbocycles. The van der Waals surface area contributed by atoms with Crippen molar-refractivity contribution in [2.45, 2.75) is 18.6 Å². The summed E-state index contributed by atoms with van der Waals surface area (Å²) in [7, 11) is 0. The summed E-state index contributed by atoms with van der Waals surface area (Å²) in [6.07, 6.45) is 3.03. The number of pyridine rings is 1. The van der Waals surface area contributed by atoms with Gasteiger partial charge in [-0.1, -0.05) is 11.6 Å². The summed E-state index contributed by atoms with van der Waals surface area (Å²) in [6.45, 7) is 0.767. The molecule has 1 aliphatic heterocycles. The highest BCUT2D eigenvalue weighted by Gasteiger charge is 2.26. The second kappa shape index (κ2) is 5.40. The Morgan fingerprint density at radius 1 is 1.60 bits per heavy atom. The van der Waals surface area contributed by atoms with Gasteiger partial charge in [-0.25, -0.2) is 0 Å². The van der Waals surface area contributed by atoms with E-state index in [0.29, 0.717) is 34.6 Å². The Labute approximate surface area is 120 Å². The van der Waals surface area contributed by atoms with Gasteiger partial charge in [-0.15, -0.1) is 0 Å². The number of nitrogens with zero attached hydrogens (tertiary/aromatic N) is 1. The van der Waals surface area contributed by atoms with Crippen LogP contribution in [0.15, 0.2) is 18.5 Å². The van der Waals surface area contributed by atoms with Gasteiger partial charge in [0, 0.05) is 19.0 Å². The standard InChI is InChI=1S/C13H14ClN3O3/c14-8-1-3-15-11-7(5-16-12(8)11)13(19)17-9-2-4-20-6-10(9)18/h1,3,5,9-10,16,18H,2,4,6H2,(H,17,19). The van der Waals surface area contributed by atoms with Crippen molar-refractivity contribution in [3.8, 4) is 0 Å². The molecule has 0 aliphatic carbocycles. The van der Waals surface area contributed by atoms with Crippen LogP contribution in [0, 0.1) is 0 Å². The minimum absolute atomic E-state index is 0.239. The second-order valence-corrected chi connectivity index (χ2v) is 5.14. The molecule has 0 aromatic carbocycles. The van der Waals surface area contributed by atoms with E-state index in [0.717, 1.165) is 0 Å². The topological polar surface area (TPSA) is 87.2 Å². The number of carbonyl (C=O) groups is 1. The highest BCUT2D eigenvalue weighted by molar-refractivity contribution is 6.35. The summed E-state index contributed by atoms with van der Waals surface area (Å²) in [5.74, 6) is -0.281. The van der Waals surface area contributed by atoms with Crippen LogP contribution in [0.1, 0.15) is 16.8 Å². The number of aromatic amines is 1. The minimum atomic E-state index is -0.686. The summed E-state index contributed by atoms with van der Waals surface area (Å²) in [4.78, 5) is 19.4. The summed E-state index contributed by atoms with van der Waals surface area (Å²) >= 11 is 6.03. The van der Waals surface area contributed by atoms with Crippen LogP contribution in [0.2, 0.25) is 5.02 Å². The number of amides is 1. The van der Waals surface area contributed by atoms with E-state index in [-0.39, 0.29) is 18.6 Å². The van der Waals surface area contributed by atoms with E-state index in [4.69, 9.17) is 16.3 Å². The average Bonchev–Trinajstić information content (AvgIpc) is 2.87. The van der Waals surface area contributed by atoms with E-state index < -0.39 is 6.10 Å². The number of halogens is 1. The summed E-state index contributed by atoms with van der Waals surface area (Å²) in [5, 5.41) is 13.1. The summed E-state index contributed by atoms with van der Waals surface area (Å²) in [6, 6.07) is 1.35. The van der Waals surface area contributed by atoms with Crippen LogP contribution in [-0.2, 0) is 4.74 Å². The molecule has 0 bridgehead atoms. The van der Waals surface area contributed by atoms with Gasteiger partial charge in [0.1, 0.15) is 5.52 Å². The van der Waals surface area contributed by atoms with Crippen molar-refractivity contribution < 1.29 is 14.6 Å². The number of rotatable bonds is 2. The van der Waals surface area contributed by atoms with Crippen LogP contribution < -0.4 is 5.32 Å². The molecule has 2 unspecified atom stereocenters. The molecule has 0 spiro atoms. The van der Waals surface area contributed by atoms with Gasteiger partial charge in [-0.3, -0.25) is 9.78 Å². The van der Waals surface area contributed by atoms with Gasteiger partial charge in [0.2, 0.25) is 0 Å². The number of H-pyrrole nitrogens is 1. The Hall–Kier alpha value is -1.63. The van der Waals surface area contributed by atoms with Crippen molar-refractivity contribution in [2.24, 2.45) is 0 Å². The Kier molecular flexibility index (Phi) is 3.60. The number of nitrogens with one attached hydrogen (secondary N) is 2. The lowest BCUT2D eigenvalue weighted by Crippen LogP contribution is -2.48. The van der Waals surface area contributed by atoms with E-state index in [2.05, 4.69) is 15.3 Å². The zero-order chi connectivity index (χ0) is 14.1. The smallest absolute Gasteiger partial charge is 0.255 e. The molecule has 106 valence electrons. The van der Waals surface area contributed by atoms with Gasteiger partial charge in [-0.2, -0.15) is 0 Å². The van der Waals surface area contributed by atoms with Crippen LogP contribution in [0.25, 0.3) is 11.0 Å². The molecule has 6 nitrogen and oxygen atoms in total. The number of aliphatic hydroxyl groups excluding tert-OH is 1. The predicted molar refractivity (Wildman–Crippen MR) is 73.8 cm³/mol. The Morgan fingerprint density at radius 2 is 2.45 bits per heavy atom. The maximum absolute atomic E-state index is 12.3. The van der Waals surface area contributed by atoms with E-state index in [9.17, 15) is 9.90 Å². The molecule has 2 aromatic rings. The van der Waals surface area contributed by atoms with Crippen molar-refractivity contribution in [1.29, 1.82) is 0 Å². The highest BCUT2D eigenvalue weighted by atomic mass is 35.5. The number of hydrogen-bond donors (Lipinski definition) is 3. The lowest BCUT2D eigenvalue weighted by molar-refractivity contribution is -0.0260. The first-order chi connectivity index (χ1) is 9.66. The third kappa shape index (κ3) is 2.37. The molecular weight excluding hydrogens is 282 g/mol. The van der Waals surface area contributed by atoms with E-state index >= 15 is 0 Å². The zero-order valence-corrected chi connectivity index (χ0v) is 11.4. The Balaban J connectivity index is 1.84. The van der Waals surface area contributed by atoms with Gasteiger partial charge in [0.15, 0.2) is 0 Å². The molecule has 0 radical (unpaired) electrons. The fourth-order valence-electron chi connectivity index (χ4n) is 2.30. The molecule has 7 heteroatoms. The molecule has 2 aromatic heterocycles. The van der Waals surface area contributed by atoms with Gasteiger partial charge in [-0.05, 0) is 12.5 Å². The molecule has 3 heterocycles. The monoisotopic (exact) mass is 295 g/mol. The van der Waals surface area contributed by atoms with Crippen molar-refractivity contribution >= 4 is 28.5 Å². The van der Waals surface area contributed by atoms with Crippen LogP contribution in [0.3, 0.4) is 0 Å².